The first-order valence-electron chi connectivity index (χ1n) is 39.1. The number of aliphatic hydroxyl groups excluding tert-OH is 1. The van der Waals surface area contributed by atoms with Crippen molar-refractivity contribution in [2.45, 2.75) is 218 Å². The van der Waals surface area contributed by atoms with Crippen LogP contribution in [-0.4, -0.2) is 185 Å². The number of non-ortho nitro benzene ring substituents is 1. The molecule has 2 unspecified atom stereocenters. The predicted molar refractivity (Wildman–Crippen MR) is 414 cm³/mol. The molecule has 27 heteroatoms. The number of Topliss-reactive ketones (excluding diaryl/α,β-unsaturated/α-hetero) is 2. The first-order chi connectivity index (χ1) is 54.7. The van der Waals surface area contributed by atoms with Crippen molar-refractivity contribution >= 4 is 59.2 Å². The van der Waals surface area contributed by atoms with Gasteiger partial charge in [-0.25, -0.2) is 24.0 Å². The Morgan fingerprint density at radius 1 is 0.534 bits per heavy atom. The van der Waals surface area contributed by atoms with E-state index in [0.29, 0.717) is 27.9 Å². The summed E-state index contributed by atoms with van der Waals surface area (Å²) in [7, 11) is 2.95. The molecule has 0 radical (unpaired) electrons. The lowest BCUT2D eigenvalue weighted by molar-refractivity contribution is -0.384. The predicted octanol–water partition coefficient (Wildman–Crippen LogP) is 11.6. The molecule has 4 bridgehead atoms. The summed E-state index contributed by atoms with van der Waals surface area (Å²) >= 11 is 0. The van der Waals surface area contributed by atoms with Gasteiger partial charge in [0, 0.05) is 100 Å². The van der Waals surface area contributed by atoms with Gasteiger partial charge in [-0.15, -0.1) is 0 Å². The smallest absolute Gasteiger partial charge is 0.456 e. The Labute approximate surface area is 673 Å². The highest BCUT2D eigenvalue weighted by Gasteiger charge is 2.80. The van der Waals surface area contributed by atoms with Crippen LogP contribution in [0.3, 0.4) is 0 Å². The van der Waals surface area contributed by atoms with Crippen LogP contribution >= 0.6 is 0 Å². The van der Waals surface area contributed by atoms with Gasteiger partial charge < -0.3 is 72.2 Å². The topological polar surface area (TPSA) is 368 Å². The van der Waals surface area contributed by atoms with Crippen molar-refractivity contribution in [3.63, 3.8) is 0 Å². The number of aliphatic hydroxyl groups is 3. The average molecular weight is 1600 g/mol. The summed E-state index contributed by atoms with van der Waals surface area (Å²) in [6.07, 6.45) is -13.5. The Kier molecular flexibility index (Phi) is 23.7. The molecule has 0 amide bonds. The van der Waals surface area contributed by atoms with Crippen molar-refractivity contribution in [2.24, 2.45) is 45.3 Å². The molecule has 620 valence electrons. The molecule has 6 fully saturated rings. The van der Waals surface area contributed by atoms with Crippen LogP contribution in [0.1, 0.15) is 166 Å². The Morgan fingerprint density at radius 3 is 1.26 bits per heavy atom. The first kappa shape index (κ1) is 85.5. The highest BCUT2D eigenvalue weighted by atomic mass is 16.7. The van der Waals surface area contributed by atoms with E-state index in [9.17, 15) is 59.0 Å². The standard InChI is InChI=1S/C48H53NO15.C41H50O11/c1-26(30-15-11-9-12-16-30)38(62-44(54)60-33-21-19-32(20-22-33)49(56)57)43(53)61-34-24-48(55)41(63-42(52)31-17-13-10-14-18-31)39-46(7,40(51)28(3)37(27(34)2)45(48,5)6)35(58-8)23-36-47(39,25-59-36)64-29(4)50;1-22(26-15-11-9-12-16-26)32(43)37(46)50-28-20-41(47)35(51-36(45)27-17-13-10-14-18-27)33-39(7,34(44)24(3)31(23(28)2)38(41,5)6)29(48-8)19-30-40(33,21-49-30)52-25(4)42/h9-22,26,28,34-36,38-39,41,55H,23-25H2,1-8H3;9-18,22,24,28-30,32-33,35,43,47H,19-21H2,1-8H3/t26-,28+,34?,35-,36+,38+,39-,41-,46+,47-,48+;22-,24+,28?,29-,30+,32+,33-,35-,39+,40-,41+/m00/s1. The zero-order chi connectivity index (χ0) is 84.5. The number of hydrogen-bond acceptors (Lipinski definition) is 26. The number of fused-ring (bicyclic) bond motifs is 10. The monoisotopic (exact) mass is 1600 g/mol. The number of carbonyl (C=O) groups is 9. The number of hydrogen-bond donors (Lipinski definition) is 3. The second-order valence-corrected chi connectivity index (χ2v) is 33.7. The third kappa shape index (κ3) is 14.3. The molecule has 5 aromatic rings. The molecule has 116 heavy (non-hydrogen) atoms. The lowest BCUT2D eigenvalue weighted by atomic mass is 9.43. The van der Waals surface area contributed by atoms with Crippen LogP contribution in [-0.2, 0) is 80.9 Å². The minimum atomic E-state index is -2.17. The number of nitro benzene ring substituents is 1. The molecule has 8 aliphatic rings. The number of ether oxygens (including phenoxy) is 12. The normalized spacial score (nSPS) is 33.4. The lowest BCUT2D eigenvalue weighted by Crippen LogP contribution is -2.81. The second-order valence-electron chi connectivity index (χ2n) is 33.7. The number of carbonyl (C=O) groups excluding carboxylic acids is 9. The molecule has 2 aliphatic heterocycles. The van der Waals surface area contributed by atoms with Crippen LogP contribution in [0.2, 0.25) is 0 Å². The highest BCUT2D eigenvalue weighted by molar-refractivity contribution is 5.94. The summed E-state index contributed by atoms with van der Waals surface area (Å²) in [5.41, 5.74) is -9.48. The summed E-state index contributed by atoms with van der Waals surface area (Å²) in [5.74, 6) is -11.2. The first-order valence-corrected chi connectivity index (χ1v) is 39.1. The number of esters is 6. The van der Waals surface area contributed by atoms with Gasteiger partial charge in [0.1, 0.15) is 65.1 Å². The summed E-state index contributed by atoms with van der Waals surface area (Å²) in [5, 5.41) is 49.7. The maximum absolute atomic E-state index is 15.5. The van der Waals surface area contributed by atoms with E-state index in [-0.39, 0.29) is 73.0 Å². The molecule has 2 saturated heterocycles. The Hall–Kier alpha value is -9.87. The van der Waals surface area contributed by atoms with Crippen molar-refractivity contribution in [1.29, 1.82) is 0 Å². The third-order valence-corrected chi connectivity index (χ3v) is 27.0. The third-order valence-electron chi connectivity index (χ3n) is 27.0. The van der Waals surface area contributed by atoms with Gasteiger partial charge in [0.2, 0.25) is 6.10 Å². The Balaban J connectivity index is 0.000000219. The molecule has 3 N–H and O–H groups in total. The molecular formula is C89H103NO26. The summed E-state index contributed by atoms with van der Waals surface area (Å²) < 4.78 is 73.0. The maximum Gasteiger partial charge on any atom is 0.514 e. The van der Waals surface area contributed by atoms with E-state index in [1.165, 1.54) is 40.2 Å². The fourth-order valence-electron chi connectivity index (χ4n) is 20.9. The second kappa shape index (κ2) is 32.2. The molecule has 6 aliphatic carbocycles. The average Bonchev–Trinajstić information content (AvgIpc) is 0.672. The molecule has 22 atom stereocenters. The number of nitro groups is 1. The SMILES string of the molecule is CO[C@H]1C[C@H]2OC[C@@]2(OC(C)=O)[C@H]2[C@H](OC(=O)c3ccccc3)[C@]3(O)CC(OC(=O)[C@H](O)[C@@H](C)c4ccccc4)C(C)=C([C@@H](C)C(=O)[C@]12C)C3(C)C.CO[C@H]1C[C@H]2OC[C@@]2(OC(C)=O)[C@H]2[C@H](OC(=O)c3ccccc3)[C@]3(O)CC(OC(=O)[C@H](OC(=O)Oc4ccc([N+](=O)[O-])cc4)[C@@H](C)c4ccccc4)C(C)=C([C@@H](C)C(=O)[C@]12C)C3(C)C. The minimum absolute atomic E-state index is 0.0849. The summed E-state index contributed by atoms with van der Waals surface area (Å²) in [6.45, 7) is 23.0. The van der Waals surface area contributed by atoms with E-state index >= 15 is 9.59 Å². The van der Waals surface area contributed by atoms with Gasteiger partial charge in [-0.2, -0.15) is 0 Å². The van der Waals surface area contributed by atoms with Crippen LogP contribution in [0.25, 0.3) is 0 Å². The van der Waals surface area contributed by atoms with E-state index in [2.05, 4.69) is 0 Å². The van der Waals surface area contributed by atoms with E-state index in [4.69, 9.17) is 56.8 Å². The molecular weight excluding hydrogens is 1500 g/mol. The van der Waals surface area contributed by atoms with Crippen molar-refractivity contribution in [1.82, 2.24) is 0 Å². The molecule has 0 aromatic heterocycles. The Morgan fingerprint density at radius 2 is 0.905 bits per heavy atom. The molecule has 13 rings (SSSR count). The van der Waals surface area contributed by atoms with Crippen LogP contribution in [0.5, 0.6) is 5.75 Å². The van der Waals surface area contributed by atoms with Crippen molar-refractivity contribution in [2.75, 3.05) is 27.4 Å². The van der Waals surface area contributed by atoms with E-state index in [0.717, 1.165) is 17.7 Å². The van der Waals surface area contributed by atoms with Gasteiger partial charge in [0.25, 0.3) is 5.69 Å². The number of methoxy groups -OCH3 is 2. The van der Waals surface area contributed by atoms with Gasteiger partial charge in [-0.3, -0.25) is 29.3 Å². The maximum atomic E-state index is 15.5. The lowest BCUT2D eigenvalue weighted by Gasteiger charge is -2.68. The molecule has 4 saturated carbocycles. The molecule has 27 nitrogen and oxygen atoms in total. The van der Waals surface area contributed by atoms with Crippen molar-refractivity contribution in [3.8, 4) is 5.75 Å². The van der Waals surface area contributed by atoms with E-state index in [1.807, 2.05) is 30.3 Å². The van der Waals surface area contributed by atoms with Gasteiger partial charge in [-0.05, 0) is 97.5 Å². The van der Waals surface area contributed by atoms with Crippen LogP contribution in [0, 0.1) is 55.4 Å². The van der Waals surface area contributed by atoms with Crippen molar-refractivity contribution < 1.29 is 120 Å². The number of benzene rings is 5. The van der Waals surface area contributed by atoms with Gasteiger partial charge in [-0.1, -0.05) is 152 Å². The van der Waals surface area contributed by atoms with Gasteiger partial charge in [0.05, 0.1) is 64.1 Å². The van der Waals surface area contributed by atoms with Gasteiger partial charge in [0.15, 0.2) is 17.3 Å². The van der Waals surface area contributed by atoms with Crippen molar-refractivity contribution in [3.05, 3.63) is 200 Å². The molecule has 5 aromatic carbocycles. The zero-order valence-corrected chi connectivity index (χ0v) is 68.0. The fraction of sp³-hybridized carbons (Fsp3) is 0.517. The quantitative estimate of drug-likeness (QED) is 0.0173. The number of ketones is 2. The highest BCUT2D eigenvalue weighted by Crippen LogP contribution is 2.68. The molecule has 2 heterocycles. The van der Waals surface area contributed by atoms with Crippen LogP contribution in [0.4, 0.5) is 10.5 Å². The summed E-state index contributed by atoms with van der Waals surface area (Å²) in [6, 6.07) is 38.9. The van der Waals surface area contributed by atoms with Crippen LogP contribution in [0.15, 0.2) is 168 Å². The van der Waals surface area contributed by atoms with Gasteiger partial charge >= 0.3 is 42.0 Å². The largest absolute Gasteiger partial charge is 0.514 e. The summed E-state index contributed by atoms with van der Waals surface area (Å²) in [4.78, 5) is 138. The molecule has 0 spiro atoms. The fourth-order valence-corrected chi connectivity index (χ4v) is 20.9. The zero-order valence-electron chi connectivity index (χ0n) is 68.0. The minimum Gasteiger partial charge on any atom is -0.456 e. The van der Waals surface area contributed by atoms with E-state index < -0.39 is 188 Å². The van der Waals surface area contributed by atoms with E-state index in [1.54, 1.807) is 174 Å². The Bertz CT molecular complexity index is 4680. The number of rotatable bonds is 19. The van der Waals surface area contributed by atoms with Crippen LogP contribution < -0.4 is 4.74 Å². The number of nitrogens with zero attached hydrogens (tertiary/aromatic N) is 1.